The maximum Gasteiger partial charge on any atom is 0.323 e. The van der Waals surface area contributed by atoms with Crippen LogP contribution >= 0.6 is 0 Å². The van der Waals surface area contributed by atoms with Crippen LogP contribution in [0.3, 0.4) is 0 Å². The first kappa shape index (κ1) is 10.8. The Balaban J connectivity index is 2.39. The van der Waals surface area contributed by atoms with Gasteiger partial charge < -0.3 is 20.4 Å². The van der Waals surface area contributed by atoms with Crippen LogP contribution in [0.1, 0.15) is 12.8 Å². The minimum absolute atomic E-state index is 0.0690. The standard InChI is InChI=1S/C8H14N2O4/c11-5-6-2-1-3-10(6)8(14)9-4-7(12)13/h6,11H,1-5H2,(H,9,14)(H,12,13). The number of rotatable bonds is 3. The first-order valence-electron chi connectivity index (χ1n) is 4.52. The monoisotopic (exact) mass is 202 g/mol. The van der Waals surface area contributed by atoms with E-state index < -0.39 is 12.0 Å². The minimum Gasteiger partial charge on any atom is -0.480 e. The lowest BCUT2D eigenvalue weighted by molar-refractivity contribution is -0.135. The van der Waals surface area contributed by atoms with E-state index in [1.807, 2.05) is 0 Å². The summed E-state index contributed by atoms with van der Waals surface area (Å²) in [5, 5.41) is 19.5. The Kier molecular flexibility index (Phi) is 3.70. The number of nitrogens with one attached hydrogen (secondary N) is 1. The van der Waals surface area contributed by atoms with Crippen LogP contribution in [0.5, 0.6) is 0 Å². The van der Waals surface area contributed by atoms with Gasteiger partial charge in [0.15, 0.2) is 0 Å². The fourth-order valence-corrected chi connectivity index (χ4v) is 1.55. The number of nitrogens with zero attached hydrogens (tertiary/aromatic N) is 1. The second-order valence-corrected chi connectivity index (χ2v) is 3.22. The van der Waals surface area contributed by atoms with E-state index in [-0.39, 0.29) is 19.2 Å². The van der Waals surface area contributed by atoms with E-state index >= 15 is 0 Å². The van der Waals surface area contributed by atoms with Crippen molar-refractivity contribution >= 4 is 12.0 Å². The van der Waals surface area contributed by atoms with Crippen molar-refractivity contribution in [2.45, 2.75) is 18.9 Å². The second-order valence-electron chi connectivity index (χ2n) is 3.22. The number of carbonyl (C=O) groups excluding carboxylic acids is 1. The van der Waals surface area contributed by atoms with Crippen LogP contribution in [0.2, 0.25) is 0 Å². The topological polar surface area (TPSA) is 89.9 Å². The maximum atomic E-state index is 11.4. The smallest absolute Gasteiger partial charge is 0.323 e. The summed E-state index contributed by atoms with van der Waals surface area (Å²) in [4.78, 5) is 23.0. The number of carbonyl (C=O) groups is 2. The van der Waals surface area contributed by atoms with Crippen LogP contribution in [0.15, 0.2) is 0 Å². The largest absolute Gasteiger partial charge is 0.480 e. The lowest BCUT2D eigenvalue weighted by Gasteiger charge is -2.22. The van der Waals surface area contributed by atoms with Crippen molar-refractivity contribution in [3.05, 3.63) is 0 Å². The van der Waals surface area contributed by atoms with Crippen LogP contribution < -0.4 is 5.32 Å². The van der Waals surface area contributed by atoms with Gasteiger partial charge in [-0.2, -0.15) is 0 Å². The Morgan fingerprint density at radius 1 is 1.50 bits per heavy atom. The Hall–Kier alpha value is -1.30. The van der Waals surface area contributed by atoms with Crippen molar-refractivity contribution in [2.24, 2.45) is 0 Å². The van der Waals surface area contributed by atoms with Crippen LogP contribution in [-0.2, 0) is 4.79 Å². The summed E-state index contributed by atoms with van der Waals surface area (Å²) in [6, 6.07) is -0.576. The number of carboxylic acid groups (broad SMARTS) is 1. The molecule has 1 fully saturated rings. The van der Waals surface area contributed by atoms with Crippen LogP contribution in [0.4, 0.5) is 4.79 Å². The van der Waals surface area contributed by atoms with Crippen molar-refractivity contribution in [3.63, 3.8) is 0 Å². The molecule has 1 aliphatic rings. The first-order valence-corrected chi connectivity index (χ1v) is 4.52. The number of aliphatic hydroxyl groups excluding tert-OH is 1. The van der Waals surface area contributed by atoms with Gasteiger partial charge in [-0.3, -0.25) is 4.79 Å². The van der Waals surface area contributed by atoms with Gasteiger partial charge in [-0.25, -0.2) is 4.79 Å². The molecule has 1 atom stereocenters. The molecule has 0 aromatic heterocycles. The summed E-state index contributed by atoms with van der Waals surface area (Å²) < 4.78 is 0. The lowest BCUT2D eigenvalue weighted by atomic mass is 10.2. The van der Waals surface area contributed by atoms with E-state index in [1.54, 1.807) is 0 Å². The van der Waals surface area contributed by atoms with Gasteiger partial charge in [0.1, 0.15) is 6.54 Å². The molecule has 0 aromatic rings. The molecule has 3 N–H and O–H groups in total. The molecular formula is C8H14N2O4. The lowest BCUT2D eigenvalue weighted by Crippen LogP contribution is -2.45. The zero-order valence-electron chi connectivity index (χ0n) is 7.77. The highest BCUT2D eigenvalue weighted by Gasteiger charge is 2.27. The van der Waals surface area contributed by atoms with E-state index in [9.17, 15) is 9.59 Å². The molecule has 1 saturated heterocycles. The Morgan fingerprint density at radius 3 is 2.79 bits per heavy atom. The fourth-order valence-electron chi connectivity index (χ4n) is 1.55. The van der Waals surface area contributed by atoms with Gasteiger partial charge in [-0.05, 0) is 12.8 Å². The molecule has 0 aromatic carbocycles. The number of amides is 2. The summed E-state index contributed by atoms with van der Waals surface area (Å²) in [6.45, 7) is 0.130. The number of likely N-dealkylation sites (tertiary alicyclic amines) is 1. The molecule has 0 spiro atoms. The van der Waals surface area contributed by atoms with Crippen LogP contribution in [0, 0.1) is 0 Å². The van der Waals surface area contributed by atoms with Gasteiger partial charge in [0.05, 0.1) is 12.6 Å². The number of hydrogen-bond acceptors (Lipinski definition) is 3. The molecule has 0 bridgehead atoms. The van der Waals surface area contributed by atoms with Gasteiger partial charge in [0, 0.05) is 6.54 Å². The first-order chi connectivity index (χ1) is 6.65. The van der Waals surface area contributed by atoms with Crippen molar-refractivity contribution in [1.82, 2.24) is 10.2 Å². The summed E-state index contributed by atoms with van der Waals surface area (Å²) in [5.74, 6) is -1.07. The third-order valence-corrected chi connectivity index (χ3v) is 2.24. The Labute approximate surface area is 81.5 Å². The molecule has 6 nitrogen and oxygen atoms in total. The molecule has 1 rings (SSSR count). The Morgan fingerprint density at radius 2 is 2.21 bits per heavy atom. The third-order valence-electron chi connectivity index (χ3n) is 2.24. The van der Waals surface area contributed by atoms with E-state index in [0.29, 0.717) is 6.54 Å². The van der Waals surface area contributed by atoms with Crippen LogP contribution in [-0.4, -0.2) is 52.9 Å². The Bertz CT molecular complexity index is 231. The molecule has 1 heterocycles. The number of aliphatic carboxylic acids is 1. The number of hydrogen-bond donors (Lipinski definition) is 3. The highest BCUT2D eigenvalue weighted by atomic mass is 16.4. The summed E-state index contributed by atoms with van der Waals surface area (Å²) >= 11 is 0. The zero-order valence-corrected chi connectivity index (χ0v) is 7.77. The van der Waals surface area contributed by atoms with E-state index in [0.717, 1.165) is 12.8 Å². The average molecular weight is 202 g/mol. The van der Waals surface area contributed by atoms with E-state index in [4.69, 9.17) is 10.2 Å². The fraction of sp³-hybridized carbons (Fsp3) is 0.750. The second kappa shape index (κ2) is 4.80. The highest BCUT2D eigenvalue weighted by Crippen LogP contribution is 2.16. The zero-order chi connectivity index (χ0) is 10.6. The molecular weight excluding hydrogens is 188 g/mol. The summed E-state index contributed by atoms with van der Waals surface area (Å²) in [7, 11) is 0. The van der Waals surface area contributed by atoms with Crippen LogP contribution in [0.25, 0.3) is 0 Å². The normalized spacial score (nSPS) is 20.9. The van der Waals surface area contributed by atoms with Gasteiger partial charge in [-0.1, -0.05) is 0 Å². The molecule has 80 valence electrons. The molecule has 2 amide bonds. The molecule has 1 unspecified atom stereocenters. The number of urea groups is 1. The maximum absolute atomic E-state index is 11.4. The van der Waals surface area contributed by atoms with Gasteiger partial charge in [0.2, 0.25) is 0 Å². The van der Waals surface area contributed by atoms with Crippen molar-refractivity contribution in [3.8, 4) is 0 Å². The number of aliphatic hydroxyl groups is 1. The van der Waals surface area contributed by atoms with Gasteiger partial charge in [-0.15, -0.1) is 0 Å². The minimum atomic E-state index is -1.07. The molecule has 0 aliphatic carbocycles. The quantitative estimate of drug-likeness (QED) is 0.561. The molecule has 1 aliphatic heterocycles. The molecule has 6 heteroatoms. The van der Waals surface area contributed by atoms with E-state index in [1.165, 1.54) is 4.90 Å². The molecule has 0 saturated carbocycles. The van der Waals surface area contributed by atoms with Crippen molar-refractivity contribution < 1.29 is 19.8 Å². The highest BCUT2D eigenvalue weighted by molar-refractivity contribution is 5.80. The van der Waals surface area contributed by atoms with E-state index in [2.05, 4.69) is 5.32 Å². The molecule has 0 radical (unpaired) electrons. The molecule has 14 heavy (non-hydrogen) atoms. The summed E-state index contributed by atoms with van der Waals surface area (Å²) in [5.41, 5.74) is 0. The van der Waals surface area contributed by atoms with Gasteiger partial charge >= 0.3 is 12.0 Å². The summed E-state index contributed by atoms with van der Waals surface area (Å²) in [6.07, 6.45) is 1.63. The predicted molar refractivity (Wildman–Crippen MR) is 47.8 cm³/mol. The number of carboxylic acids is 1. The SMILES string of the molecule is O=C(O)CNC(=O)N1CCCC1CO. The third kappa shape index (κ3) is 2.59. The average Bonchev–Trinajstić information content (AvgIpc) is 2.61. The predicted octanol–water partition coefficient (Wildman–Crippen LogP) is -0.763. The van der Waals surface area contributed by atoms with Gasteiger partial charge in [0.25, 0.3) is 0 Å². The van der Waals surface area contributed by atoms with Crippen molar-refractivity contribution in [1.29, 1.82) is 0 Å². The van der Waals surface area contributed by atoms with Crippen molar-refractivity contribution in [2.75, 3.05) is 19.7 Å².